The molecule has 3 nitrogen and oxygen atoms in total. The van der Waals surface area contributed by atoms with Gasteiger partial charge in [0, 0.05) is 6.54 Å². The van der Waals surface area contributed by atoms with E-state index in [-0.39, 0.29) is 5.56 Å². The topological polar surface area (TPSA) is 56.0 Å². The summed E-state index contributed by atoms with van der Waals surface area (Å²) in [7, 11) is 0. The molecule has 0 atom stereocenters. The second kappa shape index (κ2) is 4.72. The van der Waals surface area contributed by atoms with Crippen LogP contribution in [0.1, 0.15) is 31.2 Å². The van der Waals surface area contributed by atoms with Crippen molar-refractivity contribution in [3.8, 4) is 6.07 Å². The molecule has 1 saturated carbocycles. The number of nitrogens with zero attached hydrogens (tertiary/aromatic N) is 1. The van der Waals surface area contributed by atoms with Gasteiger partial charge in [0.1, 0.15) is 11.9 Å². The molecule has 0 spiro atoms. The summed E-state index contributed by atoms with van der Waals surface area (Å²) in [6.45, 7) is 0.410. The van der Waals surface area contributed by atoms with Crippen LogP contribution in [0, 0.1) is 17.1 Å². The van der Waals surface area contributed by atoms with Crippen molar-refractivity contribution in [3.63, 3.8) is 0 Å². The lowest BCUT2D eigenvalue weighted by atomic mass is 10.0. The normalized spacial score (nSPS) is 17.7. The molecule has 90 valence electrons. The van der Waals surface area contributed by atoms with Crippen molar-refractivity contribution < 1.29 is 9.50 Å². The van der Waals surface area contributed by atoms with Gasteiger partial charge in [-0.05, 0) is 31.0 Å². The van der Waals surface area contributed by atoms with Crippen molar-refractivity contribution in [2.75, 3.05) is 11.9 Å². The number of hydrogen-bond acceptors (Lipinski definition) is 3. The summed E-state index contributed by atoms with van der Waals surface area (Å²) in [6.07, 6.45) is 3.63. The predicted molar refractivity (Wildman–Crippen MR) is 63.0 cm³/mol. The third-order valence-electron chi connectivity index (χ3n) is 3.24. The first kappa shape index (κ1) is 11.9. The van der Waals surface area contributed by atoms with Gasteiger partial charge >= 0.3 is 0 Å². The largest absolute Gasteiger partial charge is 0.388 e. The maximum atomic E-state index is 12.9. The van der Waals surface area contributed by atoms with Crippen LogP contribution < -0.4 is 5.32 Å². The molecule has 2 rings (SSSR count). The van der Waals surface area contributed by atoms with Crippen LogP contribution in [0.2, 0.25) is 0 Å². The average Bonchev–Trinajstić information content (AvgIpc) is 2.75. The molecule has 0 amide bonds. The quantitative estimate of drug-likeness (QED) is 0.844. The van der Waals surface area contributed by atoms with Crippen molar-refractivity contribution in [3.05, 3.63) is 29.6 Å². The molecule has 0 saturated heterocycles. The summed E-state index contributed by atoms with van der Waals surface area (Å²) < 4.78 is 12.9. The van der Waals surface area contributed by atoms with Crippen molar-refractivity contribution in [2.45, 2.75) is 31.3 Å². The molecule has 4 heteroatoms. The molecule has 1 fully saturated rings. The van der Waals surface area contributed by atoms with E-state index in [1.807, 2.05) is 6.07 Å². The van der Waals surface area contributed by atoms with Gasteiger partial charge in [0.2, 0.25) is 0 Å². The van der Waals surface area contributed by atoms with Gasteiger partial charge in [-0.25, -0.2) is 4.39 Å². The van der Waals surface area contributed by atoms with E-state index in [0.29, 0.717) is 12.2 Å². The first-order valence-electron chi connectivity index (χ1n) is 5.79. The highest BCUT2D eigenvalue weighted by Gasteiger charge is 2.30. The van der Waals surface area contributed by atoms with Crippen LogP contribution >= 0.6 is 0 Å². The minimum atomic E-state index is -0.679. The Balaban J connectivity index is 2.06. The molecular formula is C13H15FN2O. The predicted octanol–water partition coefficient (Wildman–Crippen LogP) is 2.41. The van der Waals surface area contributed by atoms with Crippen LogP contribution in [0.3, 0.4) is 0 Å². The second-order valence-electron chi connectivity index (χ2n) is 4.59. The summed E-state index contributed by atoms with van der Waals surface area (Å²) in [5, 5.41) is 22.1. The van der Waals surface area contributed by atoms with Crippen molar-refractivity contribution >= 4 is 5.69 Å². The van der Waals surface area contributed by atoms with Crippen molar-refractivity contribution in [1.29, 1.82) is 5.26 Å². The Bertz CT molecular complexity index is 447. The van der Waals surface area contributed by atoms with E-state index < -0.39 is 11.4 Å². The summed E-state index contributed by atoms with van der Waals surface area (Å²) >= 11 is 0. The van der Waals surface area contributed by atoms with Crippen LogP contribution in [-0.4, -0.2) is 17.3 Å². The third kappa shape index (κ3) is 2.75. The number of benzene rings is 1. The first-order chi connectivity index (χ1) is 8.13. The zero-order valence-corrected chi connectivity index (χ0v) is 9.54. The van der Waals surface area contributed by atoms with Gasteiger partial charge in [-0.3, -0.25) is 0 Å². The molecule has 1 aromatic carbocycles. The van der Waals surface area contributed by atoms with Gasteiger partial charge in [0.25, 0.3) is 0 Å². The molecule has 1 aliphatic carbocycles. The number of halogens is 1. The molecule has 0 aliphatic heterocycles. The Kier molecular flexibility index (Phi) is 3.30. The SMILES string of the molecule is N#Cc1cc(F)ccc1NCC1(O)CCCC1. The highest BCUT2D eigenvalue weighted by atomic mass is 19.1. The second-order valence-corrected chi connectivity index (χ2v) is 4.59. The first-order valence-corrected chi connectivity index (χ1v) is 5.79. The molecule has 2 N–H and O–H groups in total. The van der Waals surface area contributed by atoms with E-state index in [0.717, 1.165) is 25.7 Å². The van der Waals surface area contributed by atoms with Crippen LogP contribution in [-0.2, 0) is 0 Å². The zero-order valence-electron chi connectivity index (χ0n) is 9.54. The number of hydrogen-bond donors (Lipinski definition) is 2. The number of anilines is 1. The van der Waals surface area contributed by atoms with Crippen molar-refractivity contribution in [2.24, 2.45) is 0 Å². The van der Waals surface area contributed by atoms with Gasteiger partial charge in [-0.2, -0.15) is 5.26 Å². The fourth-order valence-electron chi connectivity index (χ4n) is 2.23. The minimum absolute atomic E-state index is 0.270. The molecule has 0 heterocycles. The van der Waals surface area contributed by atoms with Crippen LogP contribution in [0.4, 0.5) is 10.1 Å². The Morgan fingerprint density at radius 2 is 2.12 bits per heavy atom. The third-order valence-corrected chi connectivity index (χ3v) is 3.24. The van der Waals surface area contributed by atoms with Crippen LogP contribution in [0.15, 0.2) is 18.2 Å². The van der Waals surface area contributed by atoms with Gasteiger partial charge in [0.15, 0.2) is 0 Å². The fourth-order valence-corrected chi connectivity index (χ4v) is 2.23. The number of rotatable bonds is 3. The van der Waals surface area contributed by atoms with Gasteiger partial charge in [-0.15, -0.1) is 0 Å². The summed E-state index contributed by atoms with van der Waals surface area (Å²) in [5.74, 6) is -0.424. The lowest BCUT2D eigenvalue weighted by Crippen LogP contribution is -2.33. The standard InChI is InChI=1S/C13H15FN2O/c14-11-3-4-12(10(7-11)8-15)16-9-13(17)5-1-2-6-13/h3-4,7,16-17H,1-2,5-6,9H2. The Morgan fingerprint density at radius 1 is 1.41 bits per heavy atom. The summed E-state index contributed by atoms with van der Waals surface area (Å²) in [4.78, 5) is 0. The highest BCUT2D eigenvalue weighted by Crippen LogP contribution is 2.30. The summed E-state index contributed by atoms with van der Waals surface area (Å²) in [6, 6.07) is 5.98. The molecular weight excluding hydrogens is 219 g/mol. The molecule has 0 unspecified atom stereocenters. The maximum Gasteiger partial charge on any atom is 0.124 e. The summed E-state index contributed by atoms with van der Waals surface area (Å²) in [5.41, 5.74) is 0.169. The van der Waals surface area contributed by atoms with E-state index in [1.165, 1.54) is 18.2 Å². The van der Waals surface area contributed by atoms with E-state index in [1.54, 1.807) is 0 Å². The fraction of sp³-hybridized carbons (Fsp3) is 0.462. The Morgan fingerprint density at radius 3 is 2.76 bits per heavy atom. The molecule has 1 aromatic rings. The monoisotopic (exact) mass is 234 g/mol. The van der Waals surface area contributed by atoms with Crippen LogP contribution in [0.5, 0.6) is 0 Å². The number of aliphatic hydroxyl groups is 1. The number of nitriles is 1. The molecule has 0 aromatic heterocycles. The lowest BCUT2D eigenvalue weighted by Gasteiger charge is -2.23. The highest BCUT2D eigenvalue weighted by molar-refractivity contribution is 5.57. The van der Waals surface area contributed by atoms with E-state index in [4.69, 9.17) is 5.26 Å². The van der Waals surface area contributed by atoms with E-state index >= 15 is 0 Å². The Labute approximate surface area is 99.9 Å². The molecule has 17 heavy (non-hydrogen) atoms. The van der Waals surface area contributed by atoms with E-state index in [9.17, 15) is 9.50 Å². The Hall–Kier alpha value is -1.60. The van der Waals surface area contributed by atoms with Crippen LogP contribution in [0.25, 0.3) is 0 Å². The molecule has 1 aliphatic rings. The van der Waals surface area contributed by atoms with Gasteiger partial charge < -0.3 is 10.4 Å². The zero-order chi connectivity index (χ0) is 12.3. The lowest BCUT2D eigenvalue weighted by molar-refractivity contribution is 0.0615. The average molecular weight is 234 g/mol. The smallest absolute Gasteiger partial charge is 0.124 e. The number of nitrogens with one attached hydrogen (secondary N) is 1. The van der Waals surface area contributed by atoms with Gasteiger partial charge in [-0.1, -0.05) is 12.8 Å². The van der Waals surface area contributed by atoms with Crippen molar-refractivity contribution in [1.82, 2.24) is 0 Å². The van der Waals surface area contributed by atoms with Gasteiger partial charge in [0.05, 0.1) is 16.9 Å². The molecule has 0 radical (unpaired) electrons. The maximum absolute atomic E-state index is 12.9. The minimum Gasteiger partial charge on any atom is -0.388 e. The van der Waals surface area contributed by atoms with E-state index in [2.05, 4.69) is 5.32 Å². The molecule has 0 bridgehead atoms.